The molecule has 120 valence electrons. The van der Waals surface area contributed by atoms with Gasteiger partial charge in [-0.2, -0.15) is 18.4 Å². The molecule has 1 fully saturated rings. The number of alkyl halides is 3. The highest BCUT2D eigenvalue weighted by Crippen LogP contribution is 2.35. The van der Waals surface area contributed by atoms with Crippen LogP contribution < -0.4 is 10.5 Å². The van der Waals surface area contributed by atoms with Crippen LogP contribution in [0.3, 0.4) is 0 Å². The number of nitrogens with zero attached hydrogens (tertiary/aromatic N) is 1. The standard InChI is InChI=1S/C13H14F3N3O2S/c14-13(15,16)11-5-10(4-3-9(11)6-17)22(20,21)19-12(7-18)8-1-2-8/h3-5,8,12,19H,1-2,7,18H2. The topological polar surface area (TPSA) is 96.0 Å². The summed E-state index contributed by atoms with van der Waals surface area (Å²) >= 11 is 0. The van der Waals surface area contributed by atoms with E-state index in [2.05, 4.69) is 4.72 Å². The van der Waals surface area contributed by atoms with Crippen LogP contribution in [0.1, 0.15) is 24.0 Å². The van der Waals surface area contributed by atoms with Gasteiger partial charge in [-0.1, -0.05) is 0 Å². The van der Waals surface area contributed by atoms with Crippen molar-refractivity contribution in [2.24, 2.45) is 11.7 Å². The van der Waals surface area contributed by atoms with Crippen LogP contribution in [0.2, 0.25) is 0 Å². The van der Waals surface area contributed by atoms with Crippen molar-refractivity contribution in [3.05, 3.63) is 29.3 Å². The molecule has 3 N–H and O–H groups in total. The van der Waals surface area contributed by atoms with Crippen LogP contribution in [0, 0.1) is 17.2 Å². The van der Waals surface area contributed by atoms with Crippen LogP contribution in [-0.2, 0) is 16.2 Å². The lowest BCUT2D eigenvalue weighted by molar-refractivity contribution is -0.137. The molecule has 0 aliphatic heterocycles. The minimum absolute atomic E-state index is 0.0757. The smallest absolute Gasteiger partial charge is 0.329 e. The van der Waals surface area contributed by atoms with Gasteiger partial charge in [-0.3, -0.25) is 0 Å². The van der Waals surface area contributed by atoms with Gasteiger partial charge in [-0.05, 0) is 37.0 Å². The van der Waals surface area contributed by atoms with Gasteiger partial charge in [0.15, 0.2) is 0 Å². The highest BCUT2D eigenvalue weighted by atomic mass is 32.2. The highest BCUT2D eigenvalue weighted by molar-refractivity contribution is 7.89. The normalized spacial score (nSPS) is 17.0. The molecule has 9 heteroatoms. The second-order valence-electron chi connectivity index (χ2n) is 5.12. The van der Waals surface area contributed by atoms with Gasteiger partial charge < -0.3 is 5.73 Å². The fourth-order valence-corrected chi connectivity index (χ4v) is 3.47. The Morgan fingerprint density at radius 2 is 2.05 bits per heavy atom. The Hall–Kier alpha value is -1.63. The molecule has 1 aromatic carbocycles. The summed E-state index contributed by atoms with van der Waals surface area (Å²) in [5.41, 5.74) is 3.60. The third-order valence-corrected chi connectivity index (χ3v) is 4.97. The average Bonchev–Trinajstić information content (AvgIpc) is 3.27. The number of sulfonamides is 1. The first-order chi connectivity index (χ1) is 10.2. The van der Waals surface area contributed by atoms with Gasteiger partial charge in [-0.25, -0.2) is 13.1 Å². The van der Waals surface area contributed by atoms with Crippen molar-refractivity contribution in [3.63, 3.8) is 0 Å². The van der Waals surface area contributed by atoms with Crippen molar-refractivity contribution in [1.82, 2.24) is 4.72 Å². The number of benzene rings is 1. The van der Waals surface area contributed by atoms with Crippen molar-refractivity contribution in [3.8, 4) is 6.07 Å². The minimum Gasteiger partial charge on any atom is -0.329 e. The molecule has 0 saturated heterocycles. The largest absolute Gasteiger partial charge is 0.417 e. The fourth-order valence-electron chi connectivity index (χ4n) is 2.13. The zero-order valence-electron chi connectivity index (χ0n) is 11.4. The van der Waals surface area contributed by atoms with Gasteiger partial charge in [0.1, 0.15) is 0 Å². The van der Waals surface area contributed by atoms with Crippen molar-refractivity contribution in [2.45, 2.75) is 30.0 Å². The van der Waals surface area contributed by atoms with Crippen LogP contribution >= 0.6 is 0 Å². The Bertz CT molecular complexity index is 706. The molecule has 0 spiro atoms. The third kappa shape index (κ3) is 3.58. The van der Waals surface area contributed by atoms with Gasteiger partial charge in [-0.15, -0.1) is 0 Å². The number of hydrogen-bond donors (Lipinski definition) is 2. The van der Waals surface area contributed by atoms with E-state index in [1.54, 1.807) is 0 Å². The lowest BCUT2D eigenvalue weighted by Gasteiger charge is -2.17. The van der Waals surface area contributed by atoms with E-state index in [-0.39, 0.29) is 12.5 Å². The monoisotopic (exact) mass is 333 g/mol. The molecule has 0 heterocycles. The van der Waals surface area contributed by atoms with Gasteiger partial charge in [0.05, 0.1) is 22.1 Å². The highest BCUT2D eigenvalue weighted by Gasteiger charge is 2.36. The minimum atomic E-state index is -4.81. The van der Waals surface area contributed by atoms with E-state index in [0.717, 1.165) is 25.0 Å². The van der Waals surface area contributed by atoms with Crippen LogP contribution in [0.15, 0.2) is 23.1 Å². The number of halogens is 3. The molecule has 1 aliphatic rings. The zero-order chi connectivity index (χ0) is 16.5. The van der Waals surface area contributed by atoms with Crippen molar-refractivity contribution < 1.29 is 21.6 Å². The fraction of sp³-hybridized carbons (Fsp3) is 0.462. The van der Waals surface area contributed by atoms with Crippen LogP contribution in [-0.4, -0.2) is 21.0 Å². The molecule has 1 aromatic rings. The summed E-state index contributed by atoms with van der Waals surface area (Å²) in [6, 6.07) is 3.22. The van der Waals surface area contributed by atoms with E-state index in [0.29, 0.717) is 6.07 Å². The van der Waals surface area contributed by atoms with Crippen molar-refractivity contribution >= 4 is 10.0 Å². The number of rotatable bonds is 5. The van der Waals surface area contributed by atoms with Crippen LogP contribution in [0.4, 0.5) is 13.2 Å². The van der Waals surface area contributed by atoms with Crippen LogP contribution in [0.25, 0.3) is 0 Å². The van der Waals surface area contributed by atoms with Crippen molar-refractivity contribution in [2.75, 3.05) is 6.54 Å². The molecule has 1 unspecified atom stereocenters. The molecule has 0 amide bonds. The molecular weight excluding hydrogens is 319 g/mol. The van der Waals surface area contributed by atoms with Crippen molar-refractivity contribution in [1.29, 1.82) is 5.26 Å². The molecule has 1 atom stereocenters. The first kappa shape index (κ1) is 16.7. The Kier molecular flexibility index (Phi) is 4.47. The number of hydrogen-bond acceptors (Lipinski definition) is 4. The summed E-state index contributed by atoms with van der Waals surface area (Å²) in [5, 5.41) is 8.71. The second-order valence-corrected chi connectivity index (χ2v) is 6.83. The van der Waals surface area contributed by atoms with E-state index in [9.17, 15) is 21.6 Å². The Balaban J connectivity index is 2.37. The maximum Gasteiger partial charge on any atom is 0.417 e. The Morgan fingerprint density at radius 1 is 1.41 bits per heavy atom. The van der Waals surface area contributed by atoms with Crippen LogP contribution in [0.5, 0.6) is 0 Å². The molecule has 5 nitrogen and oxygen atoms in total. The summed E-state index contributed by atoms with van der Waals surface area (Å²) in [6.07, 6.45) is -3.13. The molecule has 22 heavy (non-hydrogen) atoms. The van der Waals surface area contributed by atoms with E-state index in [1.807, 2.05) is 0 Å². The quantitative estimate of drug-likeness (QED) is 0.855. The SMILES string of the molecule is N#Cc1ccc(S(=O)(=O)NC(CN)C2CC2)cc1C(F)(F)F. The van der Waals surface area contributed by atoms with Gasteiger partial charge in [0.2, 0.25) is 10.0 Å². The van der Waals surface area contributed by atoms with E-state index >= 15 is 0 Å². The maximum atomic E-state index is 12.9. The predicted octanol–water partition coefficient (Wildman–Crippen LogP) is 1.59. The summed E-state index contributed by atoms with van der Waals surface area (Å²) in [5.74, 6) is 0.125. The average molecular weight is 333 g/mol. The van der Waals surface area contributed by atoms with E-state index in [1.165, 1.54) is 6.07 Å². The molecular formula is C13H14F3N3O2S. The Labute approximate surface area is 126 Å². The van der Waals surface area contributed by atoms with Gasteiger partial charge in [0, 0.05) is 12.6 Å². The lowest BCUT2D eigenvalue weighted by atomic mass is 10.1. The molecule has 0 bridgehead atoms. The molecule has 0 aromatic heterocycles. The first-order valence-corrected chi connectivity index (χ1v) is 8.01. The summed E-state index contributed by atoms with van der Waals surface area (Å²) < 4.78 is 65.4. The first-order valence-electron chi connectivity index (χ1n) is 6.53. The van der Waals surface area contributed by atoms with Gasteiger partial charge >= 0.3 is 6.18 Å². The molecule has 2 rings (SSSR count). The maximum absolute atomic E-state index is 12.9. The van der Waals surface area contributed by atoms with E-state index in [4.69, 9.17) is 11.0 Å². The third-order valence-electron chi connectivity index (χ3n) is 3.48. The second kappa shape index (κ2) is 5.87. The number of nitrogens with two attached hydrogens (primary N) is 1. The number of nitriles is 1. The zero-order valence-corrected chi connectivity index (χ0v) is 12.2. The molecule has 1 saturated carbocycles. The summed E-state index contributed by atoms with van der Waals surface area (Å²) in [6.45, 7) is 0.0757. The summed E-state index contributed by atoms with van der Waals surface area (Å²) in [4.78, 5) is -0.530. The summed E-state index contributed by atoms with van der Waals surface area (Å²) in [7, 11) is -4.12. The predicted molar refractivity (Wildman–Crippen MR) is 72.0 cm³/mol. The lowest BCUT2D eigenvalue weighted by Crippen LogP contribution is -2.41. The van der Waals surface area contributed by atoms with Gasteiger partial charge in [0.25, 0.3) is 0 Å². The molecule has 1 aliphatic carbocycles. The Morgan fingerprint density at radius 3 is 2.50 bits per heavy atom. The van der Waals surface area contributed by atoms with E-state index < -0.39 is 38.3 Å². The number of nitrogens with one attached hydrogen (secondary N) is 1. The molecule has 0 radical (unpaired) electrons.